The van der Waals surface area contributed by atoms with Crippen LogP contribution in [0.4, 0.5) is 0 Å². The number of nitrogens with zero attached hydrogens (tertiary/aromatic N) is 3. The molecule has 4 aromatic rings. The van der Waals surface area contributed by atoms with Crippen LogP contribution in [0.2, 0.25) is 10.0 Å². The minimum Gasteiger partial charge on any atom is -0.483 e. The smallest absolute Gasteiger partial charge is 0.276 e. The third kappa shape index (κ3) is 3.96. The van der Waals surface area contributed by atoms with E-state index in [0.29, 0.717) is 43.7 Å². The minimum absolute atomic E-state index is 0.184. The molecule has 2 aromatic carbocycles. The van der Waals surface area contributed by atoms with Crippen molar-refractivity contribution in [1.82, 2.24) is 14.5 Å². The molecule has 172 valence electrons. The van der Waals surface area contributed by atoms with Gasteiger partial charge in [0.2, 0.25) is 0 Å². The predicted molar refractivity (Wildman–Crippen MR) is 134 cm³/mol. The number of ether oxygens (including phenoxy) is 2. The van der Waals surface area contributed by atoms with Gasteiger partial charge in [0.15, 0.2) is 5.75 Å². The fourth-order valence-corrected chi connectivity index (χ4v) is 5.77. The van der Waals surface area contributed by atoms with Crippen LogP contribution >= 0.6 is 34.5 Å². The summed E-state index contributed by atoms with van der Waals surface area (Å²) < 4.78 is 13.1. The number of hydrogen-bond acceptors (Lipinski definition) is 6. The van der Waals surface area contributed by atoms with Crippen molar-refractivity contribution in [2.45, 2.75) is 0 Å². The molecule has 9 heteroatoms. The molecule has 4 heterocycles. The van der Waals surface area contributed by atoms with Gasteiger partial charge >= 0.3 is 0 Å². The van der Waals surface area contributed by atoms with E-state index in [1.165, 1.54) is 22.2 Å². The molecule has 0 aliphatic carbocycles. The molecule has 2 saturated heterocycles. The van der Waals surface area contributed by atoms with Crippen LogP contribution < -0.4 is 10.3 Å². The second-order valence-electron chi connectivity index (χ2n) is 8.76. The van der Waals surface area contributed by atoms with E-state index in [1.54, 1.807) is 6.07 Å². The molecular formula is C25H19Cl2N3O3S. The van der Waals surface area contributed by atoms with Gasteiger partial charge in [0, 0.05) is 34.9 Å². The lowest BCUT2D eigenvalue weighted by atomic mass is 9.78. The van der Waals surface area contributed by atoms with Crippen molar-refractivity contribution in [2.75, 3.05) is 39.5 Å². The Balaban J connectivity index is 1.18. The first kappa shape index (κ1) is 21.9. The maximum absolute atomic E-state index is 13.2. The van der Waals surface area contributed by atoms with E-state index >= 15 is 0 Å². The average Bonchev–Trinajstić information content (AvgIpc) is 3.21. The molecule has 2 aliphatic rings. The van der Waals surface area contributed by atoms with Crippen molar-refractivity contribution in [2.24, 2.45) is 5.41 Å². The van der Waals surface area contributed by atoms with E-state index in [-0.39, 0.29) is 5.56 Å². The van der Waals surface area contributed by atoms with Crippen LogP contribution in [0.15, 0.2) is 47.5 Å². The van der Waals surface area contributed by atoms with E-state index in [1.807, 2.05) is 30.3 Å². The summed E-state index contributed by atoms with van der Waals surface area (Å²) in [6.45, 7) is 5.18. The van der Waals surface area contributed by atoms with Crippen LogP contribution in [-0.2, 0) is 4.74 Å². The predicted octanol–water partition coefficient (Wildman–Crippen LogP) is 4.73. The van der Waals surface area contributed by atoms with E-state index in [4.69, 9.17) is 32.7 Å². The van der Waals surface area contributed by atoms with Crippen LogP contribution in [0.25, 0.3) is 26.3 Å². The molecule has 2 fully saturated rings. The zero-order valence-electron chi connectivity index (χ0n) is 18.0. The number of likely N-dealkylation sites (tertiary alicyclic amines) is 1. The van der Waals surface area contributed by atoms with Crippen molar-refractivity contribution >= 4 is 44.8 Å². The highest BCUT2D eigenvalue weighted by molar-refractivity contribution is 7.22. The average molecular weight is 512 g/mol. The van der Waals surface area contributed by atoms with Crippen molar-refractivity contribution in [1.29, 1.82) is 0 Å². The Morgan fingerprint density at radius 1 is 1.15 bits per heavy atom. The van der Waals surface area contributed by atoms with Gasteiger partial charge in [-0.15, -0.1) is 11.3 Å². The van der Waals surface area contributed by atoms with E-state index in [0.717, 1.165) is 43.3 Å². The second-order valence-corrected chi connectivity index (χ2v) is 10.7. The van der Waals surface area contributed by atoms with Gasteiger partial charge < -0.3 is 9.47 Å². The monoisotopic (exact) mass is 511 g/mol. The fraction of sp³-hybridized carbons (Fsp3) is 0.280. The Morgan fingerprint density at radius 2 is 1.94 bits per heavy atom. The Labute approximate surface area is 210 Å². The molecule has 34 heavy (non-hydrogen) atoms. The largest absolute Gasteiger partial charge is 0.483 e. The zero-order chi connectivity index (χ0) is 23.3. The van der Waals surface area contributed by atoms with Crippen LogP contribution in [0, 0.1) is 17.5 Å². The standard InChI is InChI=1S/C25H19Cl2N3O3S/c26-17-3-1-16(2-4-17)22-10-20-23(34-22)24(31)30(15-28-20)18-5-6-21(19(27)9-18)33-8-7-29-11-25(12-29)13-32-14-25/h1-4,9-10,15H,7-8,11-14H2. The van der Waals surface area contributed by atoms with E-state index in [9.17, 15) is 4.79 Å². The number of halogens is 2. The molecule has 0 radical (unpaired) electrons. The van der Waals surface area contributed by atoms with Gasteiger partial charge in [-0.25, -0.2) is 4.98 Å². The highest BCUT2D eigenvalue weighted by Crippen LogP contribution is 2.37. The molecule has 0 unspecified atom stereocenters. The Bertz CT molecular complexity index is 1420. The SMILES string of the molecule is O=c1c2sc(-c3ccc(Cl)cc3)cc2ncn1-c1c#cc(OCCN2CC3(COC3)C2)c(Cl)c1. The number of rotatable bonds is 6. The third-order valence-corrected chi connectivity index (χ3v) is 7.89. The lowest BCUT2D eigenvalue weighted by molar-refractivity contribution is -0.189. The number of fused-ring (bicyclic) bond motifs is 1. The van der Waals surface area contributed by atoms with Crippen LogP contribution in [0.3, 0.4) is 0 Å². The number of benzene rings is 1. The highest BCUT2D eigenvalue weighted by Gasteiger charge is 2.48. The van der Waals surface area contributed by atoms with Gasteiger partial charge in [-0.3, -0.25) is 14.3 Å². The summed E-state index contributed by atoms with van der Waals surface area (Å²) in [5.74, 6) is 0.427. The zero-order valence-corrected chi connectivity index (χ0v) is 20.3. The molecule has 2 aliphatic heterocycles. The Morgan fingerprint density at radius 3 is 2.65 bits per heavy atom. The van der Waals surface area contributed by atoms with Crippen molar-refractivity contribution in [3.05, 3.63) is 75.3 Å². The van der Waals surface area contributed by atoms with E-state index in [2.05, 4.69) is 22.0 Å². The molecule has 0 atom stereocenters. The first-order valence-electron chi connectivity index (χ1n) is 10.8. The minimum atomic E-state index is -0.184. The fourth-order valence-electron chi connectivity index (χ4n) is 4.39. The van der Waals surface area contributed by atoms with Crippen molar-refractivity contribution in [3.8, 4) is 21.9 Å². The molecule has 6 rings (SSSR count). The quantitative estimate of drug-likeness (QED) is 0.374. The summed E-state index contributed by atoms with van der Waals surface area (Å²) in [5, 5.41) is 1.04. The summed E-state index contributed by atoms with van der Waals surface area (Å²) >= 11 is 13.8. The summed E-state index contributed by atoms with van der Waals surface area (Å²) in [4.78, 5) is 20.9. The maximum atomic E-state index is 13.2. The number of hydrogen-bond donors (Lipinski definition) is 0. The lowest BCUT2D eigenvalue weighted by Gasteiger charge is -2.55. The topological polar surface area (TPSA) is 56.6 Å². The summed E-state index contributed by atoms with van der Waals surface area (Å²) in [6, 6.07) is 17.0. The molecule has 2 aromatic heterocycles. The summed E-state index contributed by atoms with van der Waals surface area (Å²) in [5.41, 5.74) is 2.30. The molecule has 1 spiro atoms. The van der Waals surface area contributed by atoms with Crippen LogP contribution in [0.5, 0.6) is 5.75 Å². The van der Waals surface area contributed by atoms with Gasteiger partial charge in [0.25, 0.3) is 5.56 Å². The summed E-state index contributed by atoms with van der Waals surface area (Å²) in [7, 11) is 0. The van der Waals surface area contributed by atoms with Gasteiger partial charge in [-0.2, -0.15) is 0 Å². The Kier molecular flexibility index (Phi) is 5.51. The normalized spacial score (nSPS) is 16.8. The van der Waals surface area contributed by atoms with Gasteiger partial charge in [-0.05, 0) is 42.0 Å². The van der Waals surface area contributed by atoms with Crippen molar-refractivity contribution < 1.29 is 9.47 Å². The molecule has 6 nitrogen and oxygen atoms in total. The van der Waals surface area contributed by atoms with Gasteiger partial charge in [0.1, 0.15) is 23.3 Å². The van der Waals surface area contributed by atoms with Crippen LogP contribution in [0.1, 0.15) is 0 Å². The molecule has 0 saturated carbocycles. The van der Waals surface area contributed by atoms with Gasteiger partial charge in [-0.1, -0.05) is 35.3 Å². The number of aromatic nitrogens is 2. The molecular weight excluding hydrogens is 493 g/mol. The second kappa shape index (κ2) is 8.56. The molecule has 0 N–H and O–H groups in total. The van der Waals surface area contributed by atoms with E-state index < -0.39 is 0 Å². The van der Waals surface area contributed by atoms with Crippen LogP contribution in [-0.4, -0.2) is 53.9 Å². The third-order valence-electron chi connectivity index (χ3n) is 6.20. The summed E-state index contributed by atoms with van der Waals surface area (Å²) in [6.07, 6.45) is 1.49. The van der Waals surface area contributed by atoms with Gasteiger partial charge in [0.05, 0.1) is 23.8 Å². The first-order valence-corrected chi connectivity index (χ1v) is 12.4. The molecule has 0 bridgehead atoms. The maximum Gasteiger partial charge on any atom is 0.276 e. The lowest BCUT2D eigenvalue weighted by Crippen LogP contribution is -2.66. The molecule has 0 amide bonds. The highest BCUT2D eigenvalue weighted by atomic mass is 35.5. The van der Waals surface area contributed by atoms with Crippen molar-refractivity contribution in [3.63, 3.8) is 0 Å². The first-order chi connectivity index (χ1) is 16.5. The Hall–Kier alpha value is -2.60. The number of thiophene rings is 1.